The molecule has 9 N–H and O–H groups in total. The molecular formula is C32H48O14. The van der Waals surface area contributed by atoms with Crippen LogP contribution in [0.1, 0.15) is 76.0 Å². The first-order valence-electron chi connectivity index (χ1n) is 16.0. The zero-order chi connectivity index (χ0) is 33.9. The van der Waals surface area contributed by atoms with E-state index >= 15 is 0 Å². The zero-order valence-corrected chi connectivity index (χ0v) is 26.5. The standard InChI is InChI=1S/C32H48O14/c1-13(2)15-10-14-6-7-18-31(3,19(14)22(37)27(15)45-28-25(40)23(38)20(35)16(11-33)43-28)8-5-9-32(18,4)30(42)46-29-26(41)24(39)21(36)17(12-34)44-29/h10,13,16-18,20-21,23-26,28-29,33-41H,5-9,11-12H2,1-4H3/t16-,17-,18-,20-,21-,23+,24+,25-,26-,28+,29+,31+,32+/m1/s1. The van der Waals surface area contributed by atoms with Crippen molar-refractivity contribution in [2.75, 3.05) is 13.2 Å². The Morgan fingerprint density at radius 2 is 1.46 bits per heavy atom. The highest BCUT2D eigenvalue weighted by Gasteiger charge is 2.58. The van der Waals surface area contributed by atoms with Crippen molar-refractivity contribution in [1.82, 2.24) is 0 Å². The number of aliphatic hydroxyl groups excluding tert-OH is 8. The molecule has 0 radical (unpaired) electrons. The summed E-state index contributed by atoms with van der Waals surface area (Å²) < 4.78 is 22.8. The predicted molar refractivity (Wildman–Crippen MR) is 158 cm³/mol. The number of aryl methyl sites for hydroxylation is 1. The van der Waals surface area contributed by atoms with Crippen molar-refractivity contribution in [1.29, 1.82) is 0 Å². The maximum Gasteiger partial charge on any atom is 0.314 e. The Bertz CT molecular complexity index is 1270. The van der Waals surface area contributed by atoms with Crippen LogP contribution in [0.4, 0.5) is 0 Å². The minimum Gasteiger partial charge on any atom is -0.504 e. The van der Waals surface area contributed by atoms with E-state index in [4.69, 9.17) is 18.9 Å². The molecule has 2 aliphatic heterocycles. The van der Waals surface area contributed by atoms with E-state index in [-0.39, 0.29) is 23.3 Å². The van der Waals surface area contributed by atoms with Gasteiger partial charge in [0.2, 0.25) is 12.6 Å². The lowest BCUT2D eigenvalue weighted by Gasteiger charge is -2.54. The Labute approximate surface area is 267 Å². The molecule has 0 aromatic heterocycles. The predicted octanol–water partition coefficient (Wildman–Crippen LogP) is -0.952. The molecule has 1 aromatic rings. The van der Waals surface area contributed by atoms with Crippen molar-refractivity contribution in [3.05, 3.63) is 22.8 Å². The van der Waals surface area contributed by atoms with E-state index < -0.39 is 91.4 Å². The van der Waals surface area contributed by atoms with Crippen LogP contribution >= 0.6 is 0 Å². The number of rotatable bonds is 7. The smallest absolute Gasteiger partial charge is 0.314 e. The highest BCUT2D eigenvalue weighted by atomic mass is 16.7. The molecule has 14 heteroatoms. The quantitative estimate of drug-likeness (QED) is 0.161. The molecule has 3 fully saturated rings. The third-order valence-electron chi connectivity index (χ3n) is 10.8. The van der Waals surface area contributed by atoms with Crippen LogP contribution in [-0.2, 0) is 30.8 Å². The molecule has 0 spiro atoms. The number of carbonyl (C=O) groups excluding carboxylic acids is 1. The second kappa shape index (κ2) is 13.1. The lowest BCUT2D eigenvalue weighted by Crippen LogP contribution is -2.61. The second-order valence-electron chi connectivity index (χ2n) is 14.0. The van der Waals surface area contributed by atoms with Crippen molar-refractivity contribution in [2.24, 2.45) is 11.3 Å². The molecule has 0 amide bonds. The fraction of sp³-hybridized carbons (Fsp3) is 0.781. The zero-order valence-electron chi connectivity index (χ0n) is 26.5. The Hall–Kier alpha value is -2.11. The van der Waals surface area contributed by atoms with E-state index in [1.165, 1.54) is 0 Å². The van der Waals surface area contributed by atoms with Crippen molar-refractivity contribution < 1.29 is 69.7 Å². The summed E-state index contributed by atoms with van der Waals surface area (Å²) in [6.45, 7) is 6.22. The van der Waals surface area contributed by atoms with Gasteiger partial charge in [-0.1, -0.05) is 33.3 Å². The van der Waals surface area contributed by atoms with E-state index in [1.807, 2.05) is 26.8 Å². The summed E-state index contributed by atoms with van der Waals surface area (Å²) in [5, 5.41) is 93.3. The van der Waals surface area contributed by atoms with Gasteiger partial charge in [-0.25, -0.2) is 0 Å². The maximum absolute atomic E-state index is 13.9. The number of aromatic hydroxyl groups is 1. The van der Waals surface area contributed by atoms with Crippen LogP contribution in [0.5, 0.6) is 11.5 Å². The number of fused-ring (bicyclic) bond motifs is 3. The van der Waals surface area contributed by atoms with Crippen LogP contribution in [0.25, 0.3) is 0 Å². The number of benzene rings is 1. The normalized spacial score (nSPS) is 42.7. The Morgan fingerprint density at radius 3 is 2.02 bits per heavy atom. The lowest BCUT2D eigenvalue weighted by molar-refractivity contribution is -0.296. The summed E-state index contributed by atoms with van der Waals surface area (Å²) in [5.74, 6) is -1.37. The molecule has 46 heavy (non-hydrogen) atoms. The first kappa shape index (κ1) is 35.2. The Balaban J connectivity index is 1.49. The Kier molecular flexibility index (Phi) is 10.0. The number of hydrogen-bond acceptors (Lipinski definition) is 14. The summed E-state index contributed by atoms with van der Waals surface area (Å²) >= 11 is 0. The topological polar surface area (TPSA) is 236 Å². The van der Waals surface area contributed by atoms with Crippen LogP contribution in [0, 0.1) is 11.3 Å². The number of phenolic OH excluding ortho intramolecular Hbond substituents is 1. The molecule has 1 aromatic carbocycles. The third kappa shape index (κ3) is 5.70. The van der Waals surface area contributed by atoms with Crippen molar-refractivity contribution >= 4 is 5.97 Å². The van der Waals surface area contributed by atoms with E-state index in [2.05, 4.69) is 0 Å². The molecule has 5 rings (SSSR count). The van der Waals surface area contributed by atoms with Crippen molar-refractivity contribution in [3.8, 4) is 11.5 Å². The van der Waals surface area contributed by atoms with Gasteiger partial charge in [0.15, 0.2) is 11.5 Å². The van der Waals surface area contributed by atoms with Gasteiger partial charge >= 0.3 is 5.97 Å². The van der Waals surface area contributed by atoms with Gasteiger partial charge in [-0.05, 0) is 50.0 Å². The summed E-state index contributed by atoms with van der Waals surface area (Å²) in [6, 6.07) is 1.93. The molecule has 14 nitrogen and oxygen atoms in total. The average Bonchev–Trinajstić information content (AvgIpc) is 3.01. The fourth-order valence-corrected chi connectivity index (χ4v) is 8.16. The number of hydrogen-bond donors (Lipinski definition) is 9. The van der Waals surface area contributed by atoms with Crippen molar-refractivity contribution in [3.63, 3.8) is 0 Å². The summed E-state index contributed by atoms with van der Waals surface area (Å²) in [6.07, 6.45) is -12.9. The summed E-state index contributed by atoms with van der Waals surface area (Å²) in [7, 11) is 0. The molecule has 2 aliphatic carbocycles. The van der Waals surface area contributed by atoms with Gasteiger partial charge in [-0.3, -0.25) is 4.79 Å². The number of carbonyl (C=O) groups is 1. The number of ether oxygens (including phenoxy) is 4. The van der Waals surface area contributed by atoms with Crippen LogP contribution in [-0.4, -0.2) is 127 Å². The molecule has 260 valence electrons. The first-order valence-corrected chi connectivity index (χ1v) is 16.0. The molecule has 4 aliphatic rings. The van der Waals surface area contributed by atoms with E-state index in [1.54, 1.807) is 6.92 Å². The number of aliphatic hydroxyl groups is 8. The number of esters is 1. The van der Waals surface area contributed by atoms with Crippen LogP contribution in [0.3, 0.4) is 0 Å². The van der Waals surface area contributed by atoms with Crippen LogP contribution < -0.4 is 4.74 Å². The monoisotopic (exact) mass is 656 g/mol. The van der Waals surface area contributed by atoms with Gasteiger partial charge in [0.05, 0.1) is 18.6 Å². The minimum atomic E-state index is -1.74. The van der Waals surface area contributed by atoms with E-state index in [0.29, 0.717) is 43.2 Å². The maximum atomic E-state index is 13.9. The summed E-state index contributed by atoms with van der Waals surface area (Å²) in [5.41, 5.74) is 0.162. The molecule has 0 bridgehead atoms. The minimum absolute atomic E-state index is 0.0242. The molecule has 13 atom stereocenters. The molecule has 1 saturated carbocycles. The summed E-state index contributed by atoms with van der Waals surface area (Å²) in [4.78, 5) is 13.9. The van der Waals surface area contributed by atoms with Gasteiger partial charge < -0.3 is 64.9 Å². The average molecular weight is 657 g/mol. The SMILES string of the molecule is CC(C)c1cc2c(c(O)c1O[C@@H]1O[C@H](CO)[C@@H](O)[C@H](O)[C@H]1O)[C@@]1(C)CCC[C@](C)(C(=O)O[C@@H]3O[C@H](CO)[C@@H](O)[C@H](O)[C@H]3O)[C@@H]1CC2. The molecule has 2 saturated heterocycles. The second-order valence-corrected chi connectivity index (χ2v) is 14.0. The highest BCUT2D eigenvalue weighted by Crippen LogP contribution is 2.61. The van der Waals surface area contributed by atoms with Crippen LogP contribution in [0.2, 0.25) is 0 Å². The van der Waals surface area contributed by atoms with Gasteiger partial charge in [0.1, 0.15) is 48.8 Å². The van der Waals surface area contributed by atoms with Gasteiger partial charge in [0, 0.05) is 16.5 Å². The number of phenols is 1. The Morgan fingerprint density at radius 1 is 0.891 bits per heavy atom. The van der Waals surface area contributed by atoms with Gasteiger partial charge in [-0.2, -0.15) is 0 Å². The first-order chi connectivity index (χ1) is 21.6. The molecule has 2 heterocycles. The van der Waals surface area contributed by atoms with Crippen LogP contribution in [0.15, 0.2) is 6.07 Å². The van der Waals surface area contributed by atoms with E-state index in [9.17, 15) is 50.8 Å². The fourth-order valence-electron chi connectivity index (χ4n) is 8.16. The molecular weight excluding hydrogens is 608 g/mol. The van der Waals surface area contributed by atoms with Gasteiger partial charge in [-0.15, -0.1) is 0 Å². The van der Waals surface area contributed by atoms with E-state index in [0.717, 1.165) is 5.56 Å². The molecule has 0 unspecified atom stereocenters. The van der Waals surface area contributed by atoms with Gasteiger partial charge in [0.25, 0.3) is 0 Å². The lowest BCUT2D eigenvalue weighted by atomic mass is 9.49. The third-order valence-corrected chi connectivity index (χ3v) is 10.8. The largest absolute Gasteiger partial charge is 0.504 e. The highest BCUT2D eigenvalue weighted by molar-refractivity contribution is 5.78. The van der Waals surface area contributed by atoms with Crippen molar-refractivity contribution in [2.45, 2.75) is 133 Å².